The average molecular weight is 493 g/mol. The van der Waals surface area contributed by atoms with E-state index >= 15 is 0 Å². The van der Waals surface area contributed by atoms with E-state index in [0.29, 0.717) is 23.7 Å². The average Bonchev–Trinajstić information content (AvgIpc) is 3.40. The number of imidazole rings is 1. The van der Waals surface area contributed by atoms with Crippen molar-refractivity contribution in [3.63, 3.8) is 0 Å². The minimum atomic E-state index is 0.395. The SMILES string of the molecule is Cc1cc(N2CCOCC2)ccc1Nc1nc(NC2CCC(N3CCOCC3)CC2)c2[nH]cnc2n1. The number of morpholine rings is 2. The van der Waals surface area contributed by atoms with Crippen LogP contribution in [0.25, 0.3) is 11.2 Å². The molecule has 2 aliphatic heterocycles. The molecule has 0 unspecified atom stereocenters. The maximum Gasteiger partial charge on any atom is 0.231 e. The van der Waals surface area contributed by atoms with E-state index in [-0.39, 0.29) is 0 Å². The Bertz CT molecular complexity index is 1160. The van der Waals surface area contributed by atoms with Gasteiger partial charge < -0.3 is 30.0 Å². The number of nitrogens with one attached hydrogen (secondary N) is 3. The molecule has 6 rings (SSSR count). The van der Waals surface area contributed by atoms with Crippen molar-refractivity contribution in [1.29, 1.82) is 0 Å². The first-order chi connectivity index (χ1) is 17.7. The van der Waals surface area contributed by atoms with Crippen LogP contribution in [0.1, 0.15) is 31.2 Å². The molecular weight excluding hydrogens is 456 g/mol. The van der Waals surface area contributed by atoms with E-state index < -0.39 is 0 Å². The van der Waals surface area contributed by atoms with Crippen LogP contribution < -0.4 is 15.5 Å². The predicted molar refractivity (Wildman–Crippen MR) is 141 cm³/mol. The first-order valence-corrected chi connectivity index (χ1v) is 13.2. The quantitative estimate of drug-likeness (QED) is 0.478. The number of rotatable bonds is 6. The first kappa shape index (κ1) is 23.4. The van der Waals surface area contributed by atoms with Gasteiger partial charge in [0.05, 0.1) is 32.8 Å². The van der Waals surface area contributed by atoms with Gasteiger partial charge >= 0.3 is 0 Å². The van der Waals surface area contributed by atoms with Crippen LogP contribution in [0, 0.1) is 6.92 Å². The molecule has 3 aromatic rings. The molecule has 10 heteroatoms. The summed E-state index contributed by atoms with van der Waals surface area (Å²) < 4.78 is 11.0. The Morgan fingerprint density at radius 3 is 2.44 bits per heavy atom. The van der Waals surface area contributed by atoms with Gasteiger partial charge in [-0.25, -0.2) is 4.98 Å². The molecule has 1 aromatic carbocycles. The van der Waals surface area contributed by atoms with Gasteiger partial charge in [0, 0.05) is 49.6 Å². The third-order valence-electron chi connectivity index (χ3n) is 7.72. The van der Waals surface area contributed by atoms with Crippen molar-refractivity contribution in [2.24, 2.45) is 0 Å². The number of aryl methyl sites for hydroxylation is 1. The van der Waals surface area contributed by atoms with Crippen LogP contribution in [0.4, 0.5) is 23.1 Å². The molecule has 0 amide bonds. The number of fused-ring (bicyclic) bond motifs is 1. The van der Waals surface area contributed by atoms with Crippen molar-refractivity contribution in [3.8, 4) is 0 Å². The lowest BCUT2D eigenvalue weighted by molar-refractivity contribution is 0.00791. The van der Waals surface area contributed by atoms with Crippen LogP contribution in [0.5, 0.6) is 0 Å². The number of nitrogens with zero attached hydrogens (tertiary/aromatic N) is 5. The van der Waals surface area contributed by atoms with Crippen LogP contribution in [-0.4, -0.2) is 89.5 Å². The summed E-state index contributed by atoms with van der Waals surface area (Å²) in [5.41, 5.74) is 4.90. The molecule has 10 nitrogen and oxygen atoms in total. The third-order valence-corrected chi connectivity index (χ3v) is 7.72. The zero-order chi connectivity index (χ0) is 24.3. The molecule has 36 heavy (non-hydrogen) atoms. The standard InChI is InChI=1S/C26H36N8O2/c1-18-16-21(34-10-14-36-15-11-34)6-7-22(18)30-26-31-24-23(27-17-28-24)25(32-26)29-19-2-4-20(5-3-19)33-8-12-35-13-9-33/h6-7,16-17,19-20H,2-5,8-15H2,1H3,(H3,27,28,29,30,31,32). The highest BCUT2D eigenvalue weighted by Gasteiger charge is 2.27. The summed E-state index contributed by atoms with van der Waals surface area (Å²) in [5, 5.41) is 7.14. The molecule has 4 heterocycles. The Labute approximate surface area is 211 Å². The van der Waals surface area contributed by atoms with E-state index in [1.165, 1.54) is 18.5 Å². The Hall–Kier alpha value is -2.95. The Balaban J connectivity index is 1.14. The fraction of sp³-hybridized carbons (Fsp3) is 0.577. The molecule has 3 fully saturated rings. The Morgan fingerprint density at radius 2 is 1.69 bits per heavy atom. The lowest BCUT2D eigenvalue weighted by Gasteiger charge is -2.39. The van der Waals surface area contributed by atoms with Gasteiger partial charge in [0.25, 0.3) is 0 Å². The van der Waals surface area contributed by atoms with Gasteiger partial charge in [0.15, 0.2) is 11.5 Å². The number of hydrogen-bond donors (Lipinski definition) is 3. The highest BCUT2D eigenvalue weighted by molar-refractivity contribution is 5.84. The van der Waals surface area contributed by atoms with E-state index in [4.69, 9.17) is 14.5 Å². The van der Waals surface area contributed by atoms with Crippen molar-refractivity contribution in [3.05, 3.63) is 30.1 Å². The molecule has 0 radical (unpaired) electrons. The monoisotopic (exact) mass is 492 g/mol. The number of hydrogen-bond acceptors (Lipinski definition) is 9. The molecule has 1 saturated carbocycles. The number of anilines is 4. The van der Waals surface area contributed by atoms with Gasteiger partial charge in [-0.3, -0.25) is 4.90 Å². The normalized spacial score (nSPS) is 23.6. The molecule has 192 valence electrons. The molecule has 1 aliphatic carbocycles. The summed E-state index contributed by atoms with van der Waals surface area (Å²) in [7, 11) is 0. The van der Waals surface area contributed by atoms with Gasteiger partial charge in [-0.05, 0) is 56.4 Å². The van der Waals surface area contributed by atoms with Gasteiger partial charge in [-0.2, -0.15) is 9.97 Å². The van der Waals surface area contributed by atoms with Crippen molar-refractivity contribution in [2.45, 2.75) is 44.7 Å². The summed E-state index contributed by atoms with van der Waals surface area (Å²) >= 11 is 0. The number of ether oxygens (including phenoxy) is 2. The molecule has 0 spiro atoms. The topological polar surface area (TPSA) is 103 Å². The van der Waals surface area contributed by atoms with E-state index in [0.717, 1.165) is 88.0 Å². The number of aromatic amines is 1. The van der Waals surface area contributed by atoms with Crippen LogP contribution in [-0.2, 0) is 9.47 Å². The summed E-state index contributed by atoms with van der Waals surface area (Å²) in [4.78, 5) is 22.1. The summed E-state index contributed by atoms with van der Waals surface area (Å²) in [5.74, 6) is 1.37. The van der Waals surface area contributed by atoms with Crippen LogP contribution in [0.3, 0.4) is 0 Å². The van der Waals surface area contributed by atoms with E-state index in [9.17, 15) is 0 Å². The largest absolute Gasteiger partial charge is 0.379 e. The molecule has 2 saturated heterocycles. The van der Waals surface area contributed by atoms with Crippen LogP contribution in [0.2, 0.25) is 0 Å². The predicted octanol–water partition coefficient (Wildman–Crippen LogP) is 3.30. The molecule has 0 bridgehead atoms. The maximum absolute atomic E-state index is 5.53. The van der Waals surface area contributed by atoms with E-state index in [1.54, 1.807) is 6.33 Å². The lowest BCUT2D eigenvalue weighted by atomic mass is 9.90. The molecule has 3 aliphatic rings. The van der Waals surface area contributed by atoms with Gasteiger partial charge in [-0.15, -0.1) is 0 Å². The van der Waals surface area contributed by atoms with Crippen molar-refractivity contribution >= 4 is 34.3 Å². The number of H-pyrrole nitrogens is 1. The van der Waals surface area contributed by atoms with Gasteiger partial charge in [0.1, 0.15) is 5.52 Å². The molecule has 0 atom stereocenters. The van der Waals surface area contributed by atoms with Crippen molar-refractivity contribution in [1.82, 2.24) is 24.8 Å². The Morgan fingerprint density at radius 1 is 0.944 bits per heavy atom. The van der Waals surface area contributed by atoms with Crippen molar-refractivity contribution in [2.75, 3.05) is 68.1 Å². The highest BCUT2D eigenvalue weighted by Crippen LogP contribution is 2.30. The second-order valence-corrected chi connectivity index (χ2v) is 10.0. The molecular formula is C26H36N8O2. The van der Waals surface area contributed by atoms with Crippen LogP contribution >= 0.6 is 0 Å². The number of benzene rings is 1. The molecule has 3 N–H and O–H groups in total. The third kappa shape index (κ3) is 5.11. The minimum Gasteiger partial charge on any atom is -0.379 e. The summed E-state index contributed by atoms with van der Waals surface area (Å²) in [6, 6.07) is 7.54. The fourth-order valence-corrected chi connectivity index (χ4v) is 5.64. The van der Waals surface area contributed by atoms with E-state index in [2.05, 4.69) is 60.5 Å². The first-order valence-electron chi connectivity index (χ1n) is 13.2. The van der Waals surface area contributed by atoms with Crippen LogP contribution in [0.15, 0.2) is 24.5 Å². The van der Waals surface area contributed by atoms with Gasteiger partial charge in [-0.1, -0.05) is 0 Å². The zero-order valence-corrected chi connectivity index (χ0v) is 21.0. The minimum absolute atomic E-state index is 0.395. The summed E-state index contributed by atoms with van der Waals surface area (Å²) in [6.45, 7) is 9.37. The second-order valence-electron chi connectivity index (χ2n) is 10.0. The maximum atomic E-state index is 5.53. The highest BCUT2D eigenvalue weighted by atomic mass is 16.5. The zero-order valence-electron chi connectivity index (χ0n) is 21.0. The van der Waals surface area contributed by atoms with E-state index in [1.807, 2.05) is 0 Å². The smallest absolute Gasteiger partial charge is 0.231 e. The Kier molecular flexibility index (Phi) is 6.89. The van der Waals surface area contributed by atoms with Crippen molar-refractivity contribution < 1.29 is 9.47 Å². The number of aromatic nitrogens is 4. The fourth-order valence-electron chi connectivity index (χ4n) is 5.64. The second kappa shape index (κ2) is 10.6. The van der Waals surface area contributed by atoms with Gasteiger partial charge in [0.2, 0.25) is 5.95 Å². The molecule has 2 aromatic heterocycles. The summed E-state index contributed by atoms with van der Waals surface area (Å²) in [6.07, 6.45) is 6.36. The lowest BCUT2D eigenvalue weighted by Crippen LogP contribution is -2.46.